The first-order valence-electron chi connectivity index (χ1n) is 8.74. The maximum Gasteiger partial charge on any atom is 0.187 e. The van der Waals surface area contributed by atoms with E-state index in [2.05, 4.69) is 0 Å². The fraction of sp³-hybridized carbons (Fsp3) is 1.00. The van der Waals surface area contributed by atoms with Crippen molar-refractivity contribution in [3.63, 3.8) is 0 Å². The number of ether oxygens (including phenoxy) is 4. The van der Waals surface area contributed by atoms with Crippen molar-refractivity contribution in [2.45, 2.75) is 67.5 Å². The lowest BCUT2D eigenvalue weighted by molar-refractivity contribution is -0.361. The van der Waals surface area contributed by atoms with E-state index in [0.29, 0.717) is 0 Å². The van der Waals surface area contributed by atoms with Gasteiger partial charge >= 0.3 is 0 Å². The van der Waals surface area contributed by atoms with E-state index in [1.54, 1.807) is 0 Å². The minimum absolute atomic E-state index is 0.431. The molecule has 2 rings (SSSR count). The molecule has 2 saturated heterocycles. The second kappa shape index (κ2) is 10.5. The van der Waals surface area contributed by atoms with Crippen LogP contribution in [0.25, 0.3) is 0 Å². The SMILES string of the molecule is OCC(O)CO[C@H]1O[C@H](CO)[C@@H](O)[C@H](O[C@@H]2O[C@H](CO)[C@@H](O)[C@H](O)[C@H]2O)[C@H]1O. The number of hydrogen-bond acceptors (Lipinski definition) is 13. The van der Waals surface area contributed by atoms with Gasteiger partial charge in [-0.25, -0.2) is 0 Å². The summed E-state index contributed by atoms with van der Waals surface area (Å²) in [6.45, 7) is -2.43. The summed E-state index contributed by atoms with van der Waals surface area (Å²) in [7, 11) is 0. The predicted molar refractivity (Wildman–Crippen MR) is 85.4 cm³/mol. The molecule has 2 aliphatic rings. The van der Waals surface area contributed by atoms with Gasteiger partial charge in [-0.1, -0.05) is 0 Å². The van der Waals surface area contributed by atoms with E-state index in [4.69, 9.17) is 24.1 Å². The van der Waals surface area contributed by atoms with E-state index in [1.165, 1.54) is 0 Å². The van der Waals surface area contributed by atoms with Crippen LogP contribution in [-0.2, 0) is 18.9 Å². The molecule has 166 valence electrons. The van der Waals surface area contributed by atoms with Crippen LogP contribution in [-0.4, -0.2) is 140 Å². The Morgan fingerprint density at radius 3 is 1.86 bits per heavy atom. The Hall–Kier alpha value is -0.520. The number of aliphatic hydroxyl groups is 9. The van der Waals surface area contributed by atoms with Crippen molar-refractivity contribution in [2.75, 3.05) is 26.4 Å². The third-order valence-electron chi connectivity index (χ3n) is 4.63. The zero-order valence-electron chi connectivity index (χ0n) is 14.8. The predicted octanol–water partition coefficient (Wildman–Crippen LogP) is -6.02. The van der Waals surface area contributed by atoms with Gasteiger partial charge in [0.2, 0.25) is 0 Å². The molecule has 13 nitrogen and oxygen atoms in total. The first-order valence-corrected chi connectivity index (χ1v) is 8.74. The van der Waals surface area contributed by atoms with Crippen molar-refractivity contribution >= 4 is 0 Å². The lowest BCUT2D eigenvalue weighted by Crippen LogP contribution is -2.65. The summed E-state index contributed by atoms with van der Waals surface area (Å²) in [4.78, 5) is 0. The van der Waals surface area contributed by atoms with Crippen LogP contribution in [0.5, 0.6) is 0 Å². The Kier molecular flexibility index (Phi) is 8.90. The minimum Gasteiger partial charge on any atom is -0.394 e. The van der Waals surface area contributed by atoms with Crippen molar-refractivity contribution in [3.05, 3.63) is 0 Å². The molecule has 11 atom stereocenters. The molecule has 0 aromatic rings. The molecule has 9 N–H and O–H groups in total. The Morgan fingerprint density at radius 2 is 1.29 bits per heavy atom. The molecule has 0 radical (unpaired) electrons. The summed E-state index contributed by atoms with van der Waals surface area (Å²) in [5.41, 5.74) is 0. The van der Waals surface area contributed by atoms with Crippen molar-refractivity contribution < 1.29 is 64.9 Å². The molecule has 0 aromatic heterocycles. The first-order chi connectivity index (χ1) is 13.2. The van der Waals surface area contributed by atoms with Crippen LogP contribution in [0.3, 0.4) is 0 Å². The van der Waals surface area contributed by atoms with Crippen LogP contribution in [0.4, 0.5) is 0 Å². The highest BCUT2D eigenvalue weighted by atomic mass is 16.7. The van der Waals surface area contributed by atoms with Gasteiger partial charge in [-0.3, -0.25) is 0 Å². The second-order valence-electron chi connectivity index (χ2n) is 6.67. The average molecular weight is 416 g/mol. The van der Waals surface area contributed by atoms with Gasteiger partial charge in [0.1, 0.15) is 54.9 Å². The Morgan fingerprint density at radius 1 is 0.714 bits per heavy atom. The molecule has 2 heterocycles. The summed E-state index contributed by atoms with van der Waals surface area (Å²) in [5.74, 6) is 0. The zero-order valence-corrected chi connectivity index (χ0v) is 14.8. The minimum atomic E-state index is -1.77. The number of rotatable bonds is 8. The van der Waals surface area contributed by atoms with Crippen LogP contribution >= 0.6 is 0 Å². The maximum atomic E-state index is 10.4. The molecule has 0 spiro atoms. The smallest absolute Gasteiger partial charge is 0.187 e. The van der Waals surface area contributed by atoms with Crippen LogP contribution in [0.2, 0.25) is 0 Å². The van der Waals surface area contributed by atoms with E-state index in [1.807, 2.05) is 0 Å². The molecule has 0 aliphatic carbocycles. The van der Waals surface area contributed by atoms with Gasteiger partial charge in [-0.2, -0.15) is 0 Å². The molecule has 0 aromatic carbocycles. The molecule has 1 unspecified atom stereocenters. The third kappa shape index (κ3) is 5.14. The van der Waals surface area contributed by atoms with Crippen LogP contribution in [0, 0.1) is 0 Å². The third-order valence-corrected chi connectivity index (χ3v) is 4.63. The quantitative estimate of drug-likeness (QED) is 0.180. The van der Waals surface area contributed by atoms with Crippen molar-refractivity contribution in [1.29, 1.82) is 0 Å². The highest BCUT2D eigenvalue weighted by molar-refractivity contribution is 4.94. The largest absolute Gasteiger partial charge is 0.394 e. The molecule has 13 heteroatoms. The van der Waals surface area contributed by atoms with Gasteiger partial charge in [0, 0.05) is 0 Å². The molecule has 0 amide bonds. The van der Waals surface area contributed by atoms with Crippen LogP contribution in [0.1, 0.15) is 0 Å². The first kappa shape index (κ1) is 23.8. The van der Waals surface area contributed by atoms with E-state index in [0.717, 1.165) is 0 Å². The molecule has 2 fully saturated rings. The van der Waals surface area contributed by atoms with Gasteiger partial charge in [-0.15, -0.1) is 0 Å². The summed E-state index contributed by atoms with van der Waals surface area (Å²) in [5, 5.41) is 87.1. The van der Waals surface area contributed by atoms with Crippen LogP contribution in [0.15, 0.2) is 0 Å². The fourth-order valence-corrected chi connectivity index (χ4v) is 2.94. The maximum absolute atomic E-state index is 10.4. The monoisotopic (exact) mass is 416 g/mol. The van der Waals surface area contributed by atoms with E-state index in [-0.39, 0.29) is 0 Å². The molecule has 0 saturated carbocycles. The summed E-state index contributed by atoms with van der Waals surface area (Å²) in [6.07, 6.45) is -16.9. The topological polar surface area (TPSA) is 219 Å². The van der Waals surface area contributed by atoms with Gasteiger partial charge in [0.15, 0.2) is 12.6 Å². The normalized spacial score (nSPS) is 45.8. The van der Waals surface area contributed by atoms with E-state index < -0.39 is 93.9 Å². The molecule has 28 heavy (non-hydrogen) atoms. The van der Waals surface area contributed by atoms with E-state index in [9.17, 15) is 40.9 Å². The highest BCUT2D eigenvalue weighted by Gasteiger charge is 2.50. The van der Waals surface area contributed by atoms with Crippen LogP contribution < -0.4 is 0 Å². The molecule has 0 bridgehead atoms. The van der Waals surface area contributed by atoms with Gasteiger partial charge < -0.3 is 64.9 Å². The average Bonchev–Trinajstić information content (AvgIpc) is 2.70. The zero-order chi connectivity index (χ0) is 21.0. The Labute approximate surface area is 159 Å². The van der Waals surface area contributed by atoms with Crippen molar-refractivity contribution in [1.82, 2.24) is 0 Å². The number of aliphatic hydroxyl groups excluding tert-OH is 9. The van der Waals surface area contributed by atoms with E-state index >= 15 is 0 Å². The lowest BCUT2D eigenvalue weighted by Gasteiger charge is -2.46. The second-order valence-corrected chi connectivity index (χ2v) is 6.67. The Balaban J connectivity index is 2.11. The summed E-state index contributed by atoms with van der Waals surface area (Å²) < 4.78 is 20.9. The lowest BCUT2D eigenvalue weighted by atomic mass is 9.97. The fourth-order valence-electron chi connectivity index (χ4n) is 2.94. The van der Waals surface area contributed by atoms with Crippen molar-refractivity contribution in [3.8, 4) is 0 Å². The van der Waals surface area contributed by atoms with Gasteiger partial charge in [0.25, 0.3) is 0 Å². The highest BCUT2D eigenvalue weighted by Crippen LogP contribution is 2.29. The molecule has 2 aliphatic heterocycles. The Bertz CT molecular complexity index is 465. The standard InChI is InChI=1S/C15H28O13/c16-1-5(19)4-25-14-12(24)13(9(21)7(3-18)26-14)28-15-11(23)10(22)8(20)6(2-17)27-15/h5-24H,1-4H2/t5?,6-,7-,8-,9-,10+,11-,12-,13+,14+,15+/m1/s1. The summed E-state index contributed by atoms with van der Waals surface area (Å²) >= 11 is 0. The molecular weight excluding hydrogens is 388 g/mol. The van der Waals surface area contributed by atoms with Gasteiger partial charge in [0.05, 0.1) is 26.4 Å². The summed E-state index contributed by atoms with van der Waals surface area (Å²) in [6, 6.07) is 0. The van der Waals surface area contributed by atoms with Crippen molar-refractivity contribution in [2.24, 2.45) is 0 Å². The van der Waals surface area contributed by atoms with Gasteiger partial charge in [-0.05, 0) is 0 Å². The molecular formula is C15H28O13. The number of hydrogen-bond donors (Lipinski definition) is 9.